The molecule has 1 saturated heterocycles. The van der Waals surface area contributed by atoms with Gasteiger partial charge in [0, 0.05) is 54.7 Å². The van der Waals surface area contributed by atoms with Crippen molar-refractivity contribution in [2.75, 3.05) is 19.7 Å². The number of carbonyl (C=O) groups excluding carboxylic acids is 1. The lowest BCUT2D eigenvalue weighted by Crippen LogP contribution is -2.56. The molecule has 1 amide bonds. The van der Waals surface area contributed by atoms with Gasteiger partial charge in [-0.2, -0.15) is 0 Å². The SMILES string of the molecule is CCOC(=O)N1CCC2(CC1)N=C(c1cc(Cl)ccc1O)C[C@H](c1ccc(F)cc1)N2. The van der Waals surface area contributed by atoms with Crippen LogP contribution in [0.5, 0.6) is 5.75 Å². The molecule has 0 aliphatic carbocycles. The summed E-state index contributed by atoms with van der Waals surface area (Å²) in [6.45, 7) is 3.12. The lowest BCUT2D eigenvalue weighted by Gasteiger charge is -2.45. The Hall–Kier alpha value is -2.64. The van der Waals surface area contributed by atoms with Gasteiger partial charge in [-0.3, -0.25) is 10.3 Å². The molecule has 0 radical (unpaired) electrons. The first-order valence-electron chi connectivity index (χ1n) is 10.4. The molecule has 164 valence electrons. The van der Waals surface area contributed by atoms with E-state index in [1.807, 2.05) is 0 Å². The van der Waals surface area contributed by atoms with Crippen molar-refractivity contribution in [3.8, 4) is 5.75 Å². The van der Waals surface area contributed by atoms with Crippen molar-refractivity contribution < 1.29 is 19.0 Å². The molecule has 2 aromatic rings. The Morgan fingerprint density at radius 3 is 2.68 bits per heavy atom. The summed E-state index contributed by atoms with van der Waals surface area (Å²) in [5, 5.41) is 14.6. The number of amides is 1. The third-order valence-electron chi connectivity index (χ3n) is 5.85. The van der Waals surface area contributed by atoms with Crippen molar-refractivity contribution in [2.24, 2.45) is 4.99 Å². The highest BCUT2D eigenvalue weighted by Crippen LogP contribution is 2.37. The maximum Gasteiger partial charge on any atom is 0.409 e. The standard InChI is InChI=1S/C23H25ClFN3O3/c1-2-31-22(30)28-11-9-23(10-12-28)26-19(15-3-6-17(25)7-4-15)14-20(27-23)18-13-16(24)5-8-21(18)29/h3-8,13,19,26,29H,2,9-12,14H2,1H3/t19-/m1/s1. The third kappa shape index (κ3) is 4.67. The van der Waals surface area contributed by atoms with Crippen molar-refractivity contribution in [3.05, 3.63) is 64.4 Å². The summed E-state index contributed by atoms with van der Waals surface area (Å²) in [4.78, 5) is 18.8. The van der Waals surface area contributed by atoms with E-state index in [1.165, 1.54) is 12.1 Å². The van der Waals surface area contributed by atoms with Gasteiger partial charge < -0.3 is 14.7 Å². The molecule has 2 aliphatic rings. The number of halogens is 2. The normalized spacial score (nSPS) is 20.4. The van der Waals surface area contributed by atoms with E-state index in [-0.39, 0.29) is 23.7 Å². The maximum atomic E-state index is 13.5. The van der Waals surface area contributed by atoms with Crippen molar-refractivity contribution in [2.45, 2.75) is 37.9 Å². The minimum Gasteiger partial charge on any atom is -0.507 e. The number of likely N-dealkylation sites (tertiary alicyclic amines) is 1. The maximum absolute atomic E-state index is 13.5. The third-order valence-corrected chi connectivity index (χ3v) is 6.08. The van der Waals surface area contributed by atoms with E-state index < -0.39 is 5.66 Å². The number of phenolic OH excluding ortho intramolecular Hbond substituents is 1. The Bertz CT molecular complexity index is 988. The van der Waals surface area contributed by atoms with Crippen LogP contribution in [0, 0.1) is 5.82 Å². The van der Waals surface area contributed by atoms with Crippen LogP contribution in [0.15, 0.2) is 47.5 Å². The van der Waals surface area contributed by atoms with Gasteiger partial charge >= 0.3 is 6.09 Å². The fourth-order valence-corrected chi connectivity index (χ4v) is 4.41. The van der Waals surface area contributed by atoms with Crippen LogP contribution in [0.3, 0.4) is 0 Å². The predicted octanol–water partition coefficient (Wildman–Crippen LogP) is 4.66. The second-order valence-corrected chi connectivity index (χ2v) is 8.33. The second-order valence-electron chi connectivity index (χ2n) is 7.89. The number of ether oxygens (including phenoxy) is 1. The molecule has 1 spiro atoms. The quantitative estimate of drug-likeness (QED) is 0.720. The van der Waals surface area contributed by atoms with Crippen molar-refractivity contribution in [1.29, 1.82) is 0 Å². The lowest BCUT2D eigenvalue weighted by atomic mass is 9.87. The minimum absolute atomic E-state index is 0.113. The summed E-state index contributed by atoms with van der Waals surface area (Å²) in [5.74, 6) is -0.180. The van der Waals surface area contributed by atoms with Gasteiger partial charge in [0.2, 0.25) is 0 Å². The van der Waals surface area contributed by atoms with Gasteiger partial charge in [0.05, 0.1) is 6.61 Å². The highest BCUT2D eigenvalue weighted by Gasteiger charge is 2.41. The highest BCUT2D eigenvalue weighted by molar-refractivity contribution is 6.31. The van der Waals surface area contributed by atoms with Crippen LogP contribution < -0.4 is 5.32 Å². The highest BCUT2D eigenvalue weighted by atomic mass is 35.5. The summed E-state index contributed by atoms with van der Waals surface area (Å²) in [6, 6.07) is 11.2. The van der Waals surface area contributed by atoms with Gasteiger partial charge in [-0.05, 0) is 42.8 Å². The molecule has 1 fully saturated rings. The van der Waals surface area contributed by atoms with Crippen LogP contribution in [0.2, 0.25) is 5.02 Å². The lowest BCUT2D eigenvalue weighted by molar-refractivity contribution is 0.0779. The van der Waals surface area contributed by atoms with E-state index in [4.69, 9.17) is 21.3 Å². The zero-order chi connectivity index (χ0) is 22.0. The Balaban J connectivity index is 1.67. The molecule has 8 heteroatoms. The number of aliphatic imine (C=N–C) groups is 1. The number of benzene rings is 2. The second kappa shape index (κ2) is 8.85. The average molecular weight is 446 g/mol. The first kappa shape index (κ1) is 21.6. The van der Waals surface area contributed by atoms with Crippen molar-refractivity contribution in [1.82, 2.24) is 10.2 Å². The molecule has 0 bridgehead atoms. The summed E-state index contributed by atoms with van der Waals surface area (Å²) in [5.41, 5.74) is 1.65. The van der Waals surface area contributed by atoms with Crippen molar-refractivity contribution >= 4 is 23.4 Å². The van der Waals surface area contributed by atoms with Gasteiger partial charge in [-0.15, -0.1) is 0 Å². The van der Waals surface area contributed by atoms with E-state index in [1.54, 1.807) is 42.2 Å². The van der Waals surface area contributed by atoms with Gasteiger partial charge in [0.25, 0.3) is 0 Å². The molecule has 6 nitrogen and oxygen atoms in total. The number of piperidine rings is 1. The molecular weight excluding hydrogens is 421 g/mol. The number of carbonyl (C=O) groups is 1. The van der Waals surface area contributed by atoms with Gasteiger partial charge in [-0.1, -0.05) is 23.7 Å². The average Bonchev–Trinajstić information content (AvgIpc) is 2.76. The topological polar surface area (TPSA) is 74.2 Å². The fourth-order valence-electron chi connectivity index (χ4n) is 4.24. The number of nitrogens with zero attached hydrogens (tertiary/aromatic N) is 2. The summed E-state index contributed by atoms with van der Waals surface area (Å²) < 4.78 is 18.6. The zero-order valence-electron chi connectivity index (χ0n) is 17.3. The molecule has 0 aromatic heterocycles. The largest absolute Gasteiger partial charge is 0.507 e. The molecule has 2 heterocycles. The molecule has 0 saturated carbocycles. The molecule has 2 aromatic carbocycles. The predicted molar refractivity (Wildman–Crippen MR) is 117 cm³/mol. The van der Waals surface area contributed by atoms with E-state index in [0.29, 0.717) is 49.5 Å². The van der Waals surface area contributed by atoms with Gasteiger partial charge in [0.1, 0.15) is 17.2 Å². The number of aromatic hydroxyl groups is 1. The van der Waals surface area contributed by atoms with Gasteiger partial charge in [0.15, 0.2) is 0 Å². The molecule has 4 rings (SSSR count). The number of hydrogen-bond acceptors (Lipinski definition) is 5. The summed E-state index contributed by atoms with van der Waals surface area (Å²) >= 11 is 6.19. The fraction of sp³-hybridized carbons (Fsp3) is 0.391. The Labute approximate surface area is 185 Å². The van der Waals surface area contributed by atoms with Crippen LogP contribution in [-0.2, 0) is 4.74 Å². The van der Waals surface area contributed by atoms with Crippen LogP contribution >= 0.6 is 11.6 Å². The first-order valence-corrected chi connectivity index (χ1v) is 10.8. The molecule has 1 atom stereocenters. The molecule has 31 heavy (non-hydrogen) atoms. The van der Waals surface area contributed by atoms with Crippen LogP contribution in [0.4, 0.5) is 9.18 Å². The number of nitrogens with one attached hydrogen (secondary N) is 1. The van der Waals surface area contributed by atoms with E-state index in [9.17, 15) is 14.3 Å². The van der Waals surface area contributed by atoms with E-state index in [0.717, 1.165) is 11.3 Å². The van der Waals surface area contributed by atoms with Crippen LogP contribution in [0.25, 0.3) is 0 Å². The monoisotopic (exact) mass is 445 g/mol. The van der Waals surface area contributed by atoms with Crippen LogP contribution in [0.1, 0.15) is 43.4 Å². The zero-order valence-corrected chi connectivity index (χ0v) is 18.0. The molecule has 2 N–H and O–H groups in total. The van der Waals surface area contributed by atoms with Crippen LogP contribution in [-0.4, -0.2) is 47.2 Å². The minimum atomic E-state index is -0.607. The molecular formula is C23H25ClFN3O3. The first-order chi connectivity index (χ1) is 14.9. The van der Waals surface area contributed by atoms with Gasteiger partial charge in [-0.25, -0.2) is 9.18 Å². The number of phenols is 1. The Morgan fingerprint density at radius 1 is 1.29 bits per heavy atom. The smallest absolute Gasteiger partial charge is 0.409 e. The van der Waals surface area contributed by atoms with E-state index >= 15 is 0 Å². The Morgan fingerprint density at radius 2 is 2.00 bits per heavy atom. The van der Waals surface area contributed by atoms with Crippen molar-refractivity contribution in [3.63, 3.8) is 0 Å². The Kier molecular flexibility index (Phi) is 6.16. The number of rotatable bonds is 3. The summed E-state index contributed by atoms with van der Waals surface area (Å²) in [6.07, 6.45) is 1.38. The molecule has 0 unspecified atom stereocenters. The van der Waals surface area contributed by atoms with E-state index in [2.05, 4.69) is 5.32 Å². The number of hydrogen-bond donors (Lipinski definition) is 2. The molecule has 2 aliphatic heterocycles. The summed E-state index contributed by atoms with van der Waals surface area (Å²) in [7, 11) is 0.